The minimum absolute atomic E-state index is 0.172. The highest BCUT2D eigenvalue weighted by molar-refractivity contribution is 6.13. The van der Waals surface area contributed by atoms with Crippen molar-refractivity contribution in [3.05, 3.63) is 77.2 Å². The third-order valence-corrected chi connectivity index (χ3v) is 7.50. The average Bonchev–Trinajstić information content (AvgIpc) is 2.98. The Morgan fingerprint density at radius 1 is 1.05 bits per heavy atom. The van der Waals surface area contributed by atoms with Crippen molar-refractivity contribution < 1.29 is 4.39 Å². The van der Waals surface area contributed by atoms with Gasteiger partial charge in [0.05, 0.1) is 23.8 Å². The van der Waals surface area contributed by atoms with E-state index in [1.165, 1.54) is 11.8 Å². The number of rotatable bonds is 15. The first kappa shape index (κ1) is 32.7. The summed E-state index contributed by atoms with van der Waals surface area (Å²) in [5, 5.41) is 14.7. The van der Waals surface area contributed by atoms with Crippen LogP contribution in [0.15, 0.2) is 65.7 Å². The van der Waals surface area contributed by atoms with E-state index in [0.717, 1.165) is 62.2 Å². The van der Waals surface area contributed by atoms with Crippen LogP contribution in [0.25, 0.3) is 5.57 Å². The first-order valence-electron chi connectivity index (χ1n) is 15.3. The quantitative estimate of drug-likeness (QED) is 0.186. The summed E-state index contributed by atoms with van der Waals surface area (Å²) >= 11 is 0. The lowest BCUT2D eigenvalue weighted by Gasteiger charge is -2.27. The van der Waals surface area contributed by atoms with E-state index in [9.17, 15) is 4.39 Å². The van der Waals surface area contributed by atoms with Gasteiger partial charge in [-0.25, -0.2) is 19.3 Å². The zero-order chi connectivity index (χ0) is 30.6. The molecule has 8 heteroatoms. The number of nitrogens with one attached hydrogen (secondary N) is 3. The van der Waals surface area contributed by atoms with Crippen molar-refractivity contribution in [2.45, 2.75) is 73.6 Å². The third kappa shape index (κ3) is 8.84. The lowest BCUT2D eigenvalue weighted by atomic mass is 9.93. The molecule has 3 rings (SSSR count). The van der Waals surface area contributed by atoms with E-state index in [1.54, 1.807) is 12.2 Å². The van der Waals surface area contributed by atoms with Gasteiger partial charge in [0.1, 0.15) is 11.5 Å². The van der Waals surface area contributed by atoms with Crippen molar-refractivity contribution in [1.82, 2.24) is 20.3 Å². The summed E-state index contributed by atoms with van der Waals surface area (Å²) in [5.74, 6) is 1.06. The van der Waals surface area contributed by atoms with Crippen LogP contribution in [0.5, 0.6) is 0 Å². The summed E-state index contributed by atoms with van der Waals surface area (Å²) in [6.07, 6.45) is 16.4. The molecule has 1 aliphatic carbocycles. The maximum atomic E-state index is 14.9. The van der Waals surface area contributed by atoms with Crippen molar-refractivity contribution >= 4 is 28.7 Å². The second kappa shape index (κ2) is 16.0. The Morgan fingerprint density at radius 2 is 1.79 bits per heavy atom. The lowest BCUT2D eigenvalue weighted by molar-refractivity contribution is 0.551. The van der Waals surface area contributed by atoms with E-state index in [4.69, 9.17) is 5.41 Å². The molecular weight excluding hydrogens is 525 g/mol. The summed E-state index contributed by atoms with van der Waals surface area (Å²) in [4.78, 5) is 15.7. The fourth-order valence-electron chi connectivity index (χ4n) is 5.04. The maximum absolute atomic E-state index is 14.9. The van der Waals surface area contributed by atoms with E-state index in [0.29, 0.717) is 23.0 Å². The van der Waals surface area contributed by atoms with Crippen LogP contribution in [-0.2, 0) is 0 Å². The molecule has 0 radical (unpaired) electrons. The van der Waals surface area contributed by atoms with Gasteiger partial charge in [0.15, 0.2) is 5.82 Å². The zero-order valence-electron chi connectivity index (χ0n) is 26.4. The van der Waals surface area contributed by atoms with Gasteiger partial charge >= 0.3 is 0 Å². The first-order chi connectivity index (χ1) is 20.2. The van der Waals surface area contributed by atoms with E-state index in [2.05, 4.69) is 84.2 Å². The molecule has 0 spiro atoms. The van der Waals surface area contributed by atoms with Crippen molar-refractivity contribution in [2.24, 2.45) is 11.8 Å². The molecule has 0 bridgehead atoms. The fourth-order valence-corrected chi connectivity index (χ4v) is 5.04. The van der Waals surface area contributed by atoms with Gasteiger partial charge in [-0.1, -0.05) is 78.5 Å². The van der Waals surface area contributed by atoms with Gasteiger partial charge in [-0.3, -0.25) is 0 Å². The largest absolute Gasteiger partial charge is 0.391 e. The van der Waals surface area contributed by atoms with Crippen LogP contribution in [0, 0.1) is 23.1 Å². The summed E-state index contributed by atoms with van der Waals surface area (Å²) in [7, 11) is 1.84. The van der Waals surface area contributed by atoms with Crippen molar-refractivity contribution in [2.75, 3.05) is 30.4 Å². The highest BCUT2D eigenvalue weighted by atomic mass is 19.1. The SMILES string of the molecule is CCCC(=CCN(CC(C)CC)c1ccc(Nc2ncc(F)c(C3=C/C(=C(/NC)C(C)C)C(=N)C=C3)n2)nc1)CCC. The monoisotopic (exact) mass is 573 g/mol. The Morgan fingerprint density at radius 3 is 2.38 bits per heavy atom. The van der Waals surface area contributed by atoms with E-state index < -0.39 is 5.82 Å². The van der Waals surface area contributed by atoms with Crippen molar-refractivity contribution in [3.63, 3.8) is 0 Å². The number of allylic oxidation sites excluding steroid dienone is 7. The van der Waals surface area contributed by atoms with Gasteiger partial charge in [-0.15, -0.1) is 0 Å². The molecule has 0 saturated carbocycles. The summed E-state index contributed by atoms with van der Waals surface area (Å²) in [6, 6.07) is 3.98. The molecule has 1 aliphatic rings. The van der Waals surface area contributed by atoms with Crippen LogP contribution < -0.4 is 15.5 Å². The van der Waals surface area contributed by atoms with Gasteiger partial charge in [-0.05, 0) is 49.0 Å². The third-order valence-electron chi connectivity index (χ3n) is 7.50. The lowest BCUT2D eigenvalue weighted by Crippen LogP contribution is -2.29. The van der Waals surface area contributed by atoms with Gasteiger partial charge in [0.2, 0.25) is 5.95 Å². The normalized spacial score (nSPS) is 14.9. The van der Waals surface area contributed by atoms with E-state index in [1.807, 2.05) is 25.4 Å². The van der Waals surface area contributed by atoms with Crippen LogP contribution in [0.1, 0.15) is 79.3 Å². The number of hydrogen-bond acceptors (Lipinski definition) is 7. The molecule has 0 saturated heterocycles. The zero-order valence-corrected chi connectivity index (χ0v) is 26.4. The number of nitrogens with zero attached hydrogens (tertiary/aromatic N) is 4. The average molecular weight is 574 g/mol. The molecule has 3 N–H and O–H groups in total. The Hall–Kier alpha value is -3.81. The molecule has 226 valence electrons. The predicted molar refractivity (Wildman–Crippen MR) is 175 cm³/mol. The minimum atomic E-state index is -0.526. The fraction of sp³-hybridized carbons (Fsp3) is 0.471. The Bertz CT molecular complexity index is 1310. The molecule has 0 aliphatic heterocycles. The van der Waals surface area contributed by atoms with Gasteiger partial charge in [0.25, 0.3) is 0 Å². The minimum Gasteiger partial charge on any atom is -0.391 e. The molecule has 1 atom stereocenters. The smallest absolute Gasteiger partial charge is 0.229 e. The summed E-state index contributed by atoms with van der Waals surface area (Å²) in [6.45, 7) is 14.9. The topological polar surface area (TPSA) is 89.8 Å². The molecule has 2 aromatic heterocycles. The predicted octanol–water partition coefficient (Wildman–Crippen LogP) is 8.24. The Balaban J connectivity index is 1.84. The summed E-state index contributed by atoms with van der Waals surface area (Å²) < 4.78 is 14.9. The van der Waals surface area contributed by atoms with Crippen LogP contribution in [0.4, 0.5) is 21.8 Å². The number of pyridine rings is 1. The molecular formula is C34H48FN7. The van der Waals surface area contributed by atoms with Crippen LogP contribution in [0.3, 0.4) is 0 Å². The van der Waals surface area contributed by atoms with Gasteiger partial charge < -0.3 is 20.9 Å². The highest BCUT2D eigenvalue weighted by Crippen LogP contribution is 2.28. The molecule has 7 nitrogen and oxygen atoms in total. The van der Waals surface area contributed by atoms with Crippen LogP contribution in [0.2, 0.25) is 0 Å². The van der Waals surface area contributed by atoms with Crippen molar-refractivity contribution in [3.8, 4) is 0 Å². The Kier molecular flexibility index (Phi) is 12.5. The second-order valence-corrected chi connectivity index (χ2v) is 11.3. The molecule has 2 heterocycles. The molecule has 1 unspecified atom stereocenters. The van der Waals surface area contributed by atoms with Crippen LogP contribution in [-0.4, -0.2) is 40.8 Å². The second-order valence-electron chi connectivity index (χ2n) is 11.3. The Labute approximate surface area is 251 Å². The number of aromatic nitrogens is 3. The van der Waals surface area contributed by atoms with E-state index >= 15 is 0 Å². The number of hydrogen-bond donors (Lipinski definition) is 3. The molecule has 42 heavy (non-hydrogen) atoms. The van der Waals surface area contributed by atoms with Gasteiger partial charge in [-0.2, -0.15) is 0 Å². The molecule has 0 amide bonds. The van der Waals surface area contributed by atoms with E-state index in [-0.39, 0.29) is 17.6 Å². The van der Waals surface area contributed by atoms with Gasteiger partial charge in [0, 0.05) is 37.0 Å². The summed E-state index contributed by atoms with van der Waals surface area (Å²) in [5.41, 5.74) is 5.37. The molecule has 0 fully saturated rings. The first-order valence-corrected chi connectivity index (χ1v) is 15.3. The van der Waals surface area contributed by atoms with Crippen molar-refractivity contribution in [1.29, 1.82) is 5.41 Å². The maximum Gasteiger partial charge on any atom is 0.229 e. The standard InChI is InChI=1S/C34H48FN7/c1-8-11-25(12-9-2)17-18-42(22-24(6)10-3)27-14-16-31(38-20-27)40-34-39-21-29(35)33(41-34)26-13-15-30(36)28(19-26)32(37-7)23(4)5/h13-17,19-21,23-24,36-37H,8-12,18,22H2,1-7H3,(H,38,39,40,41)/b32-28-,36-30?. The number of halogens is 1. The molecule has 0 aromatic carbocycles. The number of anilines is 3. The molecule has 2 aromatic rings. The highest BCUT2D eigenvalue weighted by Gasteiger charge is 2.19. The van der Waals surface area contributed by atoms with Crippen LogP contribution >= 0.6 is 0 Å².